The van der Waals surface area contributed by atoms with Gasteiger partial charge in [0.1, 0.15) is 11.5 Å². The molecule has 1 amide bonds. The maximum atomic E-state index is 11.8. The Bertz CT molecular complexity index is 394. The van der Waals surface area contributed by atoms with E-state index in [0.717, 1.165) is 24.8 Å². The molecule has 0 radical (unpaired) electrons. The van der Waals surface area contributed by atoms with E-state index in [0.29, 0.717) is 17.9 Å². The van der Waals surface area contributed by atoms with Crippen molar-refractivity contribution >= 4 is 5.91 Å². The van der Waals surface area contributed by atoms with Gasteiger partial charge in [-0.25, -0.2) is 0 Å². The Morgan fingerprint density at radius 1 is 1.41 bits per heavy atom. The molecule has 0 bridgehead atoms. The highest BCUT2D eigenvalue weighted by atomic mass is 16.3. The lowest BCUT2D eigenvalue weighted by atomic mass is 10.2. The fraction of sp³-hybridized carbons (Fsp3) is 0.615. The minimum Gasteiger partial charge on any atom is -0.466 e. The molecule has 2 rings (SSSR count). The molecule has 2 N–H and O–H groups in total. The van der Waals surface area contributed by atoms with Gasteiger partial charge in [0.15, 0.2) is 0 Å². The normalized spacial score (nSPS) is 14.9. The van der Waals surface area contributed by atoms with Gasteiger partial charge in [0.25, 0.3) is 5.91 Å². The second-order valence-corrected chi connectivity index (χ2v) is 4.66. The van der Waals surface area contributed by atoms with Gasteiger partial charge in [0.2, 0.25) is 0 Å². The Kier molecular flexibility index (Phi) is 3.84. The highest BCUT2D eigenvalue weighted by molar-refractivity contribution is 5.95. The van der Waals surface area contributed by atoms with Crippen LogP contribution in [0.5, 0.6) is 0 Å². The van der Waals surface area contributed by atoms with Crippen LogP contribution in [0.1, 0.15) is 41.1 Å². The van der Waals surface area contributed by atoms with E-state index in [9.17, 15) is 4.79 Å². The van der Waals surface area contributed by atoms with Crippen LogP contribution in [0.2, 0.25) is 0 Å². The molecule has 0 atom stereocenters. The molecule has 1 aliphatic rings. The van der Waals surface area contributed by atoms with Crippen LogP contribution in [0.15, 0.2) is 10.5 Å². The molecule has 1 fully saturated rings. The Labute approximate surface area is 102 Å². The molecule has 94 valence electrons. The third-order valence-corrected chi connectivity index (χ3v) is 2.94. The third-order valence-electron chi connectivity index (χ3n) is 2.94. The van der Waals surface area contributed by atoms with Crippen molar-refractivity contribution in [2.45, 2.75) is 39.2 Å². The summed E-state index contributed by atoms with van der Waals surface area (Å²) >= 11 is 0. The van der Waals surface area contributed by atoms with Gasteiger partial charge in [-0.05, 0) is 45.7 Å². The van der Waals surface area contributed by atoms with Crippen molar-refractivity contribution in [3.05, 3.63) is 23.2 Å². The van der Waals surface area contributed by atoms with E-state index in [2.05, 4.69) is 10.6 Å². The first kappa shape index (κ1) is 12.2. The molecular weight excluding hydrogens is 216 g/mol. The van der Waals surface area contributed by atoms with Crippen molar-refractivity contribution in [2.75, 3.05) is 13.1 Å². The minimum atomic E-state index is -0.0363. The van der Waals surface area contributed by atoms with Gasteiger partial charge < -0.3 is 15.1 Å². The number of nitrogens with one attached hydrogen (secondary N) is 2. The first-order valence-corrected chi connectivity index (χ1v) is 6.25. The molecule has 1 aromatic rings. The predicted octanol–water partition coefficient (Wildman–Crippen LogP) is 1.77. The molecule has 0 spiro atoms. The van der Waals surface area contributed by atoms with E-state index in [1.54, 1.807) is 6.07 Å². The smallest absolute Gasteiger partial charge is 0.254 e. The summed E-state index contributed by atoms with van der Waals surface area (Å²) in [6.45, 7) is 5.36. The predicted molar refractivity (Wildman–Crippen MR) is 66.2 cm³/mol. The van der Waals surface area contributed by atoms with Crippen LogP contribution < -0.4 is 10.6 Å². The third kappa shape index (κ3) is 3.60. The monoisotopic (exact) mass is 236 g/mol. The summed E-state index contributed by atoms with van der Waals surface area (Å²) in [6, 6.07) is 2.53. The topological polar surface area (TPSA) is 54.3 Å². The van der Waals surface area contributed by atoms with Gasteiger partial charge >= 0.3 is 0 Å². The van der Waals surface area contributed by atoms with Crippen LogP contribution >= 0.6 is 0 Å². The van der Waals surface area contributed by atoms with Gasteiger partial charge in [-0.15, -0.1) is 0 Å². The van der Waals surface area contributed by atoms with Crippen molar-refractivity contribution in [1.82, 2.24) is 10.6 Å². The number of carbonyl (C=O) groups is 1. The second-order valence-electron chi connectivity index (χ2n) is 4.66. The summed E-state index contributed by atoms with van der Waals surface area (Å²) in [4.78, 5) is 11.8. The van der Waals surface area contributed by atoms with Crippen molar-refractivity contribution in [1.29, 1.82) is 0 Å². The summed E-state index contributed by atoms with van der Waals surface area (Å²) < 4.78 is 5.33. The lowest BCUT2D eigenvalue weighted by Crippen LogP contribution is -2.28. The number of carbonyl (C=O) groups excluding carboxylic acids is 1. The van der Waals surface area contributed by atoms with Crippen LogP contribution in [0, 0.1) is 13.8 Å². The number of amides is 1. The lowest BCUT2D eigenvalue weighted by Gasteiger charge is -2.05. The maximum absolute atomic E-state index is 11.8. The van der Waals surface area contributed by atoms with E-state index < -0.39 is 0 Å². The molecule has 0 aromatic carbocycles. The second kappa shape index (κ2) is 5.36. The summed E-state index contributed by atoms with van der Waals surface area (Å²) in [7, 11) is 0. The first-order valence-electron chi connectivity index (χ1n) is 6.25. The molecule has 0 saturated heterocycles. The molecule has 4 heteroatoms. The van der Waals surface area contributed by atoms with Crippen molar-refractivity contribution in [3.63, 3.8) is 0 Å². The summed E-state index contributed by atoms with van der Waals surface area (Å²) in [5.74, 6) is 1.44. The van der Waals surface area contributed by atoms with Gasteiger partial charge in [-0.1, -0.05) is 0 Å². The van der Waals surface area contributed by atoms with Gasteiger partial charge in [0.05, 0.1) is 5.56 Å². The van der Waals surface area contributed by atoms with Crippen LogP contribution in [0.25, 0.3) is 0 Å². The Morgan fingerprint density at radius 3 is 2.76 bits per heavy atom. The molecule has 1 saturated carbocycles. The van der Waals surface area contributed by atoms with Gasteiger partial charge in [-0.3, -0.25) is 4.79 Å². The largest absolute Gasteiger partial charge is 0.466 e. The fourth-order valence-electron chi connectivity index (χ4n) is 1.84. The molecule has 4 nitrogen and oxygen atoms in total. The van der Waals surface area contributed by atoms with Crippen LogP contribution in [-0.4, -0.2) is 25.0 Å². The molecule has 0 unspecified atom stereocenters. The Morgan fingerprint density at radius 2 is 2.18 bits per heavy atom. The average Bonchev–Trinajstić information content (AvgIpc) is 3.03. The number of hydrogen-bond donors (Lipinski definition) is 2. The van der Waals surface area contributed by atoms with Gasteiger partial charge in [-0.2, -0.15) is 0 Å². The number of aryl methyl sites for hydroxylation is 2. The van der Waals surface area contributed by atoms with E-state index in [1.807, 2.05) is 13.8 Å². The highest BCUT2D eigenvalue weighted by Gasteiger charge is 2.19. The van der Waals surface area contributed by atoms with Crippen molar-refractivity contribution < 1.29 is 9.21 Å². The standard InChI is InChI=1S/C13H20N2O2/c1-9-8-12(10(2)17-9)13(16)15-7-3-6-14-11-4-5-11/h8,11,14H,3-7H2,1-2H3,(H,15,16). The SMILES string of the molecule is Cc1cc(C(=O)NCCCNC2CC2)c(C)o1. The molecule has 1 heterocycles. The fourth-order valence-corrected chi connectivity index (χ4v) is 1.84. The van der Waals surface area contributed by atoms with Crippen molar-refractivity contribution in [3.8, 4) is 0 Å². The molecule has 17 heavy (non-hydrogen) atoms. The first-order chi connectivity index (χ1) is 8.16. The summed E-state index contributed by atoms with van der Waals surface area (Å²) in [6.07, 6.45) is 3.58. The zero-order valence-corrected chi connectivity index (χ0v) is 10.5. The molecular formula is C13H20N2O2. The van der Waals surface area contributed by atoms with Crippen LogP contribution in [0.3, 0.4) is 0 Å². The number of rotatable bonds is 6. The van der Waals surface area contributed by atoms with Crippen LogP contribution in [0.4, 0.5) is 0 Å². The van der Waals surface area contributed by atoms with Gasteiger partial charge in [0, 0.05) is 12.6 Å². The lowest BCUT2D eigenvalue weighted by molar-refractivity contribution is 0.0951. The molecule has 1 aromatic heterocycles. The number of furan rings is 1. The molecule has 1 aliphatic carbocycles. The highest BCUT2D eigenvalue weighted by Crippen LogP contribution is 2.18. The zero-order valence-electron chi connectivity index (χ0n) is 10.5. The number of hydrogen-bond acceptors (Lipinski definition) is 3. The van der Waals surface area contributed by atoms with E-state index >= 15 is 0 Å². The summed E-state index contributed by atoms with van der Waals surface area (Å²) in [5.41, 5.74) is 0.651. The maximum Gasteiger partial charge on any atom is 0.254 e. The summed E-state index contributed by atoms with van der Waals surface area (Å²) in [5, 5.41) is 6.32. The van der Waals surface area contributed by atoms with E-state index in [-0.39, 0.29) is 5.91 Å². The Hall–Kier alpha value is -1.29. The van der Waals surface area contributed by atoms with Crippen LogP contribution in [-0.2, 0) is 0 Å². The van der Waals surface area contributed by atoms with E-state index in [4.69, 9.17) is 4.42 Å². The zero-order chi connectivity index (χ0) is 12.3. The quantitative estimate of drug-likeness (QED) is 0.740. The average molecular weight is 236 g/mol. The van der Waals surface area contributed by atoms with E-state index in [1.165, 1.54) is 12.8 Å². The molecule has 0 aliphatic heterocycles. The Balaban J connectivity index is 1.67. The minimum absolute atomic E-state index is 0.0363. The van der Waals surface area contributed by atoms with Crippen molar-refractivity contribution in [2.24, 2.45) is 0 Å².